The highest BCUT2D eigenvalue weighted by atomic mass is 16.3. The van der Waals surface area contributed by atoms with Crippen LogP contribution in [0.5, 0.6) is 5.75 Å². The number of phenols is 1. The Morgan fingerprint density at radius 2 is 1.48 bits per heavy atom. The van der Waals surface area contributed by atoms with Crippen molar-refractivity contribution in [2.45, 2.75) is 6.92 Å². The van der Waals surface area contributed by atoms with Crippen LogP contribution in [-0.2, 0) is 0 Å². The summed E-state index contributed by atoms with van der Waals surface area (Å²) in [4.78, 5) is 4.73. The fourth-order valence-corrected chi connectivity index (χ4v) is 2.19. The zero-order valence-electron chi connectivity index (χ0n) is 12.9. The zero-order chi connectivity index (χ0) is 16.1. The minimum absolute atomic E-state index is 0.243. The Morgan fingerprint density at radius 3 is 2.13 bits per heavy atom. The van der Waals surface area contributed by atoms with Crippen LogP contribution in [-0.4, -0.2) is 10.9 Å². The summed E-state index contributed by atoms with van der Waals surface area (Å²) >= 11 is 0. The molecule has 0 bridgehead atoms. The van der Waals surface area contributed by atoms with E-state index in [4.69, 9.17) is 4.99 Å². The summed E-state index contributed by atoms with van der Waals surface area (Å²) < 4.78 is 0. The normalized spacial score (nSPS) is 11.3. The summed E-state index contributed by atoms with van der Waals surface area (Å²) in [5.74, 6) is 1.01. The van der Waals surface area contributed by atoms with Gasteiger partial charge in [-0.25, -0.2) is 4.99 Å². The van der Waals surface area contributed by atoms with Gasteiger partial charge in [0, 0.05) is 11.3 Å². The molecule has 0 aliphatic heterocycles. The maximum atomic E-state index is 9.41. The Kier molecular flexibility index (Phi) is 4.39. The predicted molar refractivity (Wildman–Crippen MR) is 95.5 cm³/mol. The number of rotatable bonds is 3. The number of nitrogens with one attached hydrogen (secondary N) is 1. The molecular weight excluding hydrogens is 284 g/mol. The number of aryl methyl sites for hydroxylation is 1. The lowest BCUT2D eigenvalue weighted by molar-refractivity contribution is 0.475. The van der Waals surface area contributed by atoms with Crippen molar-refractivity contribution in [3.8, 4) is 5.75 Å². The van der Waals surface area contributed by atoms with Crippen molar-refractivity contribution in [1.29, 1.82) is 0 Å². The van der Waals surface area contributed by atoms with E-state index in [-0.39, 0.29) is 5.75 Å². The van der Waals surface area contributed by atoms with E-state index in [9.17, 15) is 5.11 Å². The number of aliphatic imine (C=N–C) groups is 1. The van der Waals surface area contributed by atoms with Crippen molar-refractivity contribution >= 4 is 17.2 Å². The standard InChI is InChI=1S/C20H18N2O/c1-15-7-9-17(10-8-15)21-20(16-5-3-2-4-6-16)22-18-11-13-19(23)14-12-18/h2-14,23H,1H3,(H,21,22). The van der Waals surface area contributed by atoms with Gasteiger partial charge in [-0.3, -0.25) is 0 Å². The van der Waals surface area contributed by atoms with Crippen molar-refractivity contribution in [1.82, 2.24) is 0 Å². The molecule has 3 aromatic carbocycles. The molecule has 3 heteroatoms. The van der Waals surface area contributed by atoms with Crippen LogP contribution in [0.3, 0.4) is 0 Å². The van der Waals surface area contributed by atoms with E-state index in [0.717, 1.165) is 22.8 Å². The molecule has 0 atom stereocenters. The van der Waals surface area contributed by atoms with Gasteiger partial charge in [-0.15, -0.1) is 0 Å². The van der Waals surface area contributed by atoms with Crippen LogP contribution in [0.1, 0.15) is 11.1 Å². The molecule has 23 heavy (non-hydrogen) atoms. The van der Waals surface area contributed by atoms with Crippen molar-refractivity contribution in [2.24, 2.45) is 4.99 Å². The molecule has 0 heterocycles. The lowest BCUT2D eigenvalue weighted by Crippen LogP contribution is -2.13. The molecule has 2 N–H and O–H groups in total. The van der Waals surface area contributed by atoms with Gasteiger partial charge in [-0.2, -0.15) is 0 Å². The van der Waals surface area contributed by atoms with Gasteiger partial charge >= 0.3 is 0 Å². The maximum absolute atomic E-state index is 9.41. The summed E-state index contributed by atoms with van der Waals surface area (Å²) in [6, 6.07) is 25.0. The highest BCUT2D eigenvalue weighted by Crippen LogP contribution is 2.18. The number of amidine groups is 1. The van der Waals surface area contributed by atoms with Crippen LogP contribution in [0.4, 0.5) is 11.4 Å². The zero-order valence-corrected chi connectivity index (χ0v) is 12.9. The number of nitrogens with zero attached hydrogens (tertiary/aromatic N) is 1. The Balaban J connectivity index is 1.96. The summed E-state index contributed by atoms with van der Waals surface area (Å²) in [5, 5.41) is 12.7. The number of benzene rings is 3. The molecule has 0 unspecified atom stereocenters. The molecule has 0 fully saturated rings. The van der Waals surface area contributed by atoms with Crippen LogP contribution < -0.4 is 5.32 Å². The van der Waals surface area contributed by atoms with Gasteiger partial charge in [0.25, 0.3) is 0 Å². The summed E-state index contributed by atoms with van der Waals surface area (Å²) in [6.45, 7) is 2.06. The quantitative estimate of drug-likeness (QED) is 0.411. The van der Waals surface area contributed by atoms with Crippen LogP contribution in [0.2, 0.25) is 0 Å². The molecular formula is C20H18N2O. The van der Waals surface area contributed by atoms with Crippen molar-refractivity contribution in [3.05, 3.63) is 90.0 Å². The number of hydrogen-bond acceptors (Lipinski definition) is 2. The number of phenolic OH excluding ortho intramolecular Hbond substituents is 1. The Bertz CT molecular complexity index is 791. The minimum Gasteiger partial charge on any atom is -0.508 e. The Labute approximate surface area is 136 Å². The number of hydrogen-bond donors (Lipinski definition) is 2. The van der Waals surface area contributed by atoms with Gasteiger partial charge in [-0.05, 0) is 43.3 Å². The van der Waals surface area contributed by atoms with Gasteiger partial charge < -0.3 is 10.4 Å². The van der Waals surface area contributed by atoms with E-state index in [0.29, 0.717) is 0 Å². The SMILES string of the molecule is Cc1ccc(N=C(Nc2ccc(O)cc2)c2ccccc2)cc1. The number of anilines is 1. The van der Waals surface area contributed by atoms with Gasteiger partial charge in [0.05, 0.1) is 5.69 Å². The van der Waals surface area contributed by atoms with Crippen LogP contribution in [0.15, 0.2) is 83.9 Å². The molecule has 0 spiro atoms. The molecule has 3 aromatic rings. The first-order valence-corrected chi connectivity index (χ1v) is 7.47. The van der Waals surface area contributed by atoms with Crippen LogP contribution in [0.25, 0.3) is 0 Å². The maximum Gasteiger partial charge on any atom is 0.138 e. The summed E-state index contributed by atoms with van der Waals surface area (Å²) in [6.07, 6.45) is 0. The fourth-order valence-electron chi connectivity index (χ4n) is 2.19. The van der Waals surface area contributed by atoms with E-state index in [1.807, 2.05) is 66.7 Å². The first-order chi connectivity index (χ1) is 11.2. The molecule has 0 aliphatic rings. The van der Waals surface area contributed by atoms with E-state index in [1.54, 1.807) is 12.1 Å². The molecule has 114 valence electrons. The molecule has 0 saturated carbocycles. The highest BCUT2D eigenvalue weighted by molar-refractivity contribution is 6.09. The van der Waals surface area contributed by atoms with E-state index in [1.165, 1.54) is 5.56 Å². The second kappa shape index (κ2) is 6.79. The molecule has 0 amide bonds. The van der Waals surface area contributed by atoms with Crippen molar-refractivity contribution in [2.75, 3.05) is 5.32 Å². The van der Waals surface area contributed by atoms with Gasteiger partial charge in [0.15, 0.2) is 0 Å². The average molecular weight is 302 g/mol. The molecule has 3 nitrogen and oxygen atoms in total. The van der Waals surface area contributed by atoms with E-state index >= 15 is 0 Å². The Morgan fingerprint density at radius 1 is 0.826 bits per heavy atom. The monoisotopic (exact) mass is 302 g/mol. The second-order valence-corrected chi connectivity index (χ2v) is 5.33. The molecule has 0 saturated heterocycles. The van der Waals surface area contributed by atoms with Gasteiger partial charge in [0.1, 0.15) is 11.6 Å². The van der Waals surface area contributed by atoms with Gasteiger partial charge in [-0.1, -0.05) is 48.0 Å². The highest BCUT2D eigenvalue weighted by Gasteiger charge is 2.04. The lowest BCUT2D eigenvalue weighted by atomic mass is 10.2. The predicted octanol–water partition coefficient (Wildman–Crippen LogP) is 4.89. The smallest absolute Gasteiger partial charge is 0.138 e. The average Bonchev–Trinajstić information content (AvgIpc) is 2.59. The lowest BCUT2D eigenvalue weighted by Gasteiger charge is -2.11. The fraction of sp³-hybridized carbons (Fsp3) is 0.0500. The first-order valence-electron chi connectivity index (χ1n) is 7.47. The molecule has 3 rings (SSSR count). The molecule has 0 radical (unpaired) electrons. The summed E-state index contributed by atoms with van der Waals surface area (Å²) in [7, 11) is 0. The topological polar surface area (TPSA) is 44.6 Å². The second-order valence-electron chi connectivity index (χ2n) is 5.33. The molecule has 0 aromatic heterocycles. The van der Waals surface area contributed by atoms with Crippen molar-refractivity contribution in [3.63, 3.8) is 0 Å². The van der Waals surface area contributed by atoms with Crippen molar-refractivity contribution < 1.29 is 5.11 Å². The Hall–Kier alpha value is -3.07. The van der Waals surface area contributed by atoms with E-state index < -0.39 is 0 Å². The number of aromatic hydroxyl groups is 1. The minimum atomic E-state index is 0.243. The summed E-state index contributed by atoms with van der Waals surface area (Å²) in [5.41, 5.74) is 3.97. The van der Waals surface area contributed by atoms with Crippen LogP contribution in [0, 0.1) is 6.92 Å². The third kappa shape index (κ3) is 3.98. The third-order valence-corrected chi connectivity index (χ3v) is 3.45. The largest absolute Gasteiger partial charge is 0.508 e. The van der Waals surface area contributed by atoms with E-state index in [2.05, 4.69) is 12.2 Å². The third-order valence-electron chi connectivity index (χ3n) is 3.45. The van der Waals surface area contributed by atoms with Gasteiger partial charge in [0.2, 0.25) is 0 Å². The first kappa shape index (κ1) is 14.9. The molecule has 0 aliphatic carbocycles. The van der Waals surface area contributed by atoms with Crippen LogP contribution >= 0.6 is 0 Å².